The normalized spacial score (nSPS) is 11.5. The maximum atomic E-state index is 10.7. The van der Waals surface area contributed by atoms with Crippen molar-refractivity contribution >= 4 is 31.6 Å². The Bertz CT molecular complexity index is 874. The lowest BCUT2D eigenvalue weighted by Gasteiger charge is -2.02. The van der Waals surface area contributed by atoms with Crippen molar-refractivity contribution in [2.75, 3.05) is 11.5 Å². The maximum Gasteiger partial charge on any atom is 0.294 e. The zero-order chi connectivity index (χ0) is 18.7. The minimum absolute atomic E-state index is 0.100. The second-order valence-corrected chi connectivity index (χ2v) is 7.78. The molecule has 0 aromatic heterocycles. The van der Waals surface area contributed by atoms with Gasteiger partial charge in [-0.05, 0) is 61.4 Å². The molecule has 0 atom stereocenters. The summed E-state index contributed by atoms with van der Waals surface area (Å²) in [6, 6.07) is 8.39. The van der Waals surface area contributed by atoms with E-state index in [0.717, 1.165) is 0 Å². The Morgan fingerprint density at radius 1 is 0.708 bits per heavy atom. The summed E-state index contributed by atoms with van der Waals surface area (Å²) in [7, 11) is -8.21. The third kappa shape index (κ3) is 5.49. The highest BCUT2D eigenvalue weighted by Gasteiger charge is 2.12. The van der Waals surface area contributed by atoms with Crippen LogP contribution < -0.4 is 11.5 Å². The van der Waals surface area contributed by atoms with Crippen molar-refractivity contribution in [3.63, 3.8) is 0 Å². The summed E-state index contributed by atoms with van der Waals surface area (Å²) in [4.78, 5) is -0.201. The van der Waals surface area contributed by atoms with E-state index in [0.29, 0.717) is 22.5 Å². The highest BCUT2D eigenvalue weighted by atomic mass is 32.2. The molecule has 24 heavy (non-hydrogen) atoms. The number of anilines is 2. The van der Waals surface area contributed by atoms with E-state index in [4.69, 9.17) is 20.6 Å². The fraction of sp³-hybridized carbons (Fsp3) is 0.143. The van der Waals surface area contributed by atoms with Crippen LogP contribution in [0.5, 0.6) is 0 Å². The lowest BCUT2D eigenvalue weighted by atomic mass is 10.2. The molecule has 0 radical (unpaired) electrons. The van der Waals surface area contributed by atoms with Crippen LogP contribution in [0.3, 0.4) is 0 Å². The predicted molar refractivity (Wildman–Crippen MR) is 90.8 cm³/mol. The van der Waals surface area contributed by atoms with Gasteiger partial charge in [-0.2, -0.15) is 16.8 Å². The summed E-state index contributed by atoms with van der Waals surface area (Å²) in [6.07, 6.45) is 0. The molecule has 0 amide bonds. The Hall–Kier alpha value is -2.14. The summed E-state index contributed by atoms with van der Waals surface area (Å²) < 4.78 is 60.1. The quantitative estimate of drug-likeness (QED) is 0.455. The van der Waals surface area contributed by atoms with Crippen LogP contribution in [0, 0.1) is 13.8 Å². The third-order valence-electron chi connectivity index (χ3n) is 2.95. The summed E-state index contributed by atoms with van der Waals surface area (Å²) in [5.41, 5.74) is 12.6. The van der Waals surface area contributed by atoms with Crippen molar-refractivity contribution < 1.29 is 25.9 Å². The SMILES string of the molecule is Cc1cc(N)ccc1S(=O)(=O)O.Cc1cc(N)ccc1S(=O)(=O)O. The molecule has 0 spiro atoms. The number of benzene rings is 2. The maximum absolute atomic E-state index is 10.7. The number of hydrogen-bond donors (Lipinski definition) is 4. The van der Waals surface area contributed by atoms with Gasteiger partial charge in [-0.1, -0.05) is 0 Å². The average Bonchev–Trinajstić information content (AvgIpc) is 2.35. The highest BCUT2D eigenvalue weighted by molar-refractivity contribution is 7.86. The Balaban J connectivity index is 0.000000240. The van der Waals surface area contributed by atoms with E-state index >= 15 is 0 Å². The molecule has 0 fully saturated rings. The minimum atomic E-state index is -4.11. The third-order valence-corrected chi connectivity index (χ3v) is 4.98. The van der Waals surface area contributed by atoms with Gasteiger partial charge in [0.2, 0.25) is 0 Å². The smallest absolute Gasteiger partial charge is 0.294 e. The molecule has 10 heteroatoms. The van der Waals surface area contributed by atoms with E-state index in [1.54, 1.807) is 13.8 Å². The molecule has 8 nitrogen and oxygen atoms in total. The van der Waals surface area contributed by atoms with Crippen molar-refractivity contribution in [2.24, 2.45) is 0 Å². The van der Waals surface area contributed by atoms with E-state index in [2.05, 4.69) is 0 Å². The van der Waals surface area contributed by atoms with Crippen LogP contribution in [0.25, 0.3) is 0 Å². The lowest BCUT2D eigenvalue weighted by Crippen LogP contribution is -2.01. The molecule has 0 aliphatic rings. The van der Waals surface area contributed by atoms with Crippen LogP contribution in [0.1, 0.15) is 11.1 Å². The fourth-order valence-electron chi connectivity index (χ4n) is 1.92. The monoisotopic (exact) mass is 374 g/mol. The zero-order valence-electron chi connectivity index (χ0n) is 13.0. The number of hydrogen-bond acceptors (Lipinski definition) is 6. The standard InChI is InChI=1S/2C7H9NO3S/c2*1-5-4-6(8)2-3-7(5)12(9,10)11/h2*2-4H,8H2,1H3,(H,9,10,11). The zero-order valence-corrected chi connectivity index (χ0v) is 14.6. The summed E-state index contributed by atoms with van der Waals surface area (Å²) in [5, 5.41) is 0. The topological polar surface area (TPSA) is 161 Å². The molecule has 0 saturated carbocycles. The second kappa shape index (κ2) is 7.18. The molecule has 2 rings (SSSR count). The highest BCUT2D eigenvalue weighted by Crippen LogP contribution is 2.17. The first-order valence-electron chi connectivity index (χ1n) is 6.49. The Kier molecular flexibility index (Phi) is 5.95. The van der Waals surface area contributed by atoms with Crippen molar-refractivity contribution in [1.29, 1.82) is 0 Å². The van der Waals surface area contributed by atoms with E-state index in [-0.39, 0.29) is 9.79 Å². The number of nitrogen functional groups attached to an aromatic ring is 2. The largest absolute Gasteiger partial charge is 0.399 e. The first-order chi connectivity index (χ1) is 10.8. The van der Waals surface area contributed by atoms with Crippen LogP contribution >= 0.6 is 0 Å². The van der Waals surface area contributed by atoms with Gasteiger partial charge in [-0.15, -0.1) is 0 Å². The van der Waals surface area contributed by atoms with Crippen molar-refractivity contribution in [3.8, 4) is 0 Å². The van der Waals surface area contributed by atoms with E-state index in [1.165, 1.54) is 36.4 Å². The number of rotatable bonds is 2. The van der Waals surface area contributed by atoms with Gasteiger partial charge in [0.05, 0.1) is 9.79 Å². The molecule has 132 valence electrons. The van der Waals surface area contributed by atoms with Crippen molar-refractivity contribution in [2.45, 2.75) is 23.6 Å². The Morgan fingerprint density at radius 2 is 1.00 bits per heavy atom. The first-order valence-corrected chi connectivity index (χ1v) is 9.37. The van der Waals surface area contributed by atoms with Gasteiger partial charge in [-0.25, -0.2) is 0 Å². The van der Waals surface area contributed by atoms with Gasteiger partial charge in [0, 0.05) is 11.4 Å². The molecule has 0 aliphatic heterocycles. The van der Waals surface area contributed by atoms with Crippen LogP contribution in [-0.2, 0) is 20.2 Å². The van der Waals surface area contributed by atoms with Crippen LogP contribution in [0.2, 0.25) is 0 Å². The molecule has 0 aliphatic carbocycles. The van der Waals surface area contributed by atoms with Crippen molar-refractivity contribution in [1.82, 2.24) is 0 Å². The van der Waals surface area contributed by atoms with Crippen LogP contribution in [-0.4, -0.2) is 25.9 Å². The molecule has 6 N–H and O–H groups in total. The summed E-state index contributed by atoms with van der Waals surface area (Å²) in [5.74, 6) is 0. The van der Waals surface area contributed by atoms with Gasteiger partial charge >= 0.3 is 0 Å². The van der Waals surface area contributed by atoms with E-state index < -0.39 is 20.2 Å². The molecule has 0 saturated heterocycles. The van der Waals surface area contributed by atoms with Crippen LogP contribution in [0.4, 0.5) is 11.4 Å². The van der Waals surface area contributed by atoms with E-state index in [9.17, 15) is 16.8 Å². The van der Waals surface area contributed by atoms with Gasteiger partial charge < -0.3 is 11.5 Å². The summed E-state index contributed by atoms with van der Waals surface area (Å²) in [6.45, 7) is 3.14. The molecular formula is C14H18N2O6S2. The van der Waals surface area contributed by atoms with Gasteiger partial charge in [0.25, 0.3) is 20.2 Å². The number of nitrogens with two attached hydrogens (primary N) is 2. The second-order valence-electron chi connectivity index (χ2n) is 5.00. The molecule has 0 unspecified atom stereocenters. The number of aryl methyl sites for hydroxylation is 2. The minimum Gasteiger partial charge on any atom is -0.399 e. The fourth-order valence-corrected chi connectivity index (χ4v) is 3.34. The average molecular weight is 374 g/mol. The van der Waals surface area contributed by atoms with Gasteiger partial charge in [0.1, 0.15) is 0 Å². The Labute approximate surface area is 140 Å². The predicted octanol–water partition coefficient (Wildman–Crippen LogP) is 1.65. The molecule has 2 aromatic carbocycles. The molecular weight excluding hydrogens is 356 g/mol. The molecule has 2 aromatic rings. The first kappa shape index (κ1) is 19.9. The Morgan fingerprint density at radius 3 is 1.21 bits per heavy atom. The summed E-state index contributed by atoms with van der Waals surface area (Å²) >= 11 is 0. The molecule has 0 heterocycles. The van der Waals surface area contributed by atoms with Gasteiger partial charge in [0.15, 0.2) is 0 Å². The van der Waals surface area contributed by atoms with Crippen molar-refractivity contribution in [3.05, 3.63) is 47.5 Å². The van der Waals surface area contributed by atoms with Gasteiger partial charge in [-0.3, -0.25) is 9.11 Å². The van der Waals surface area contributed by atoms with E-state index in [1.807, 2.05) is 0 Å². The lowest BCUT2D eigenvalue weighted by molar-refractivity contribution is 0.480. The molecule has 0 bridgehead atoms. The van der Waals surface area contributed by atoms with Crippen LogP contribution in [0.15, 0.2) is 46.2 Å².